The molecular weight excluding hydrogens is 396 g/mol. The molecule has 7 nitrogen and oxygen atoms in total. The summed E-state index contributed by atoms with van der Waals surface area (Å²) in [7, 11) is 0. The largest absolute Gasteiger partial charge is 0.481 e. The van der Waals surface area contributed by atoms with E-state index in [1.165, 1.54) is 23.3 Å². The molecule has 1 atom stereocenters. The van der Waals surface area contributed by atoms with Crippen molar-refractivity contribution in [2.45, 2.75) is 31.7 Å². The van der Waals surface area contributed by atoms with E-state index in [4.69, 9.17) is 9.84 Å². The number of nitrogens with one attached hydrogen (secondary N) is 2. The van der Waals surface area contributed by atoms with Crippen molar-refractivity contribution in [2.24, 2.45) is 0 Å². The second-order valence-electron chi connectivity index (χ2n) is 7.45. The molecule has 0 heterocycles. The van der Waals surface area contributed by atoms with Crippen LogP contribution in [-0.4, -0.2) is 42.3 Å². The van der Waals surface area contributed by atoms with Crippen molar-refractivity contribution in [1.82, 2.24) is 10.6 Å². The molecule has 31 heavy (non-hydrogen) atoms. The molecule has 2 amide bonds. The summed E-state index contributed by atoms with van der Waals surface area (Å²) in [5.74, 6) is -1.25. The van der Waals surface area contributed by atoms with Gasteiger partial charge in [0.1, 0.15) is 6.61 Å². The predicted octanol–water partition coefficient (Wildman–Crippen LogP) is 3.45. The van der Waals surface area contributed by atoms with Crippen molar-refractivity contribution < 1.29 is 24.2 Å². The Labute approximate surface area is 181 Å². The van der Waals surface area contributed by atoms with Gasteiger partial charge in [0.2, 0.25) is 5.91 Å². The summed E-state index contributed by atoms with van der Waals surface area (Å²) < 4.78 is 5.43. The van der Waals surface area contributed by atoms with Gasteiger partial charge in [0.15, 0.2) is 0 Å². The number of hydrogen-bond acceptors (Lipinski definition) is 4. The van der Waals surface area contributed by atoms with Crippen molar-refractivity contribution in [3.8, 4) is 11.1 Å². The van der Waals surface area contributed by atoms with Crippen LogP contribution in [0, 0.1) is 0 Å². The fourth-order valence-corrected chi connectivity index (χ4v) is 3.66. The fraction of sp³-hybridized carbons (Fsp3) is 0.292. The third kappa shape index (κ3) is 5.94. The lowest BCUT2D eigenvalue weighted by Gasteiger charge is -2.14. The summed E-state index contributed by atoms with van der Waals surface area (Å²) in [5, 5.41) is 13.9. The highest BCUT2D eigenvalue weighted by Crippen LogP contribution is 2.44. The average molecular weight is 422 g/mol. The third-order valence-corrected chi connectivity index (χ3v) is 5.16. The molecule has 1 unspecified atom stereocenters. The number of aliphatic carboxylic acids is 1. The van der Waals surface area contributed by atoms with E-state index in [1.54, 1.807) is 6.92 Å². The molecule has 0 spiro atoms. The maximum atomic E-state index is 12.1. The normalized spacial score (nSPS) is 13.3. The van der Waals surface area contributed by atoms with Crippen molar-refractivity contribution in [2.75, 3.05) is 13.2 Å². The van der Waals surface area contributed by atoms with Crippen LogP contribution in [-0.2, 0) is 14.3 Å². The lowest BCUT2D eigenvalue weighted by molar-refractivity contribution is -0.137. The van der Waals surface area contributed by atoms with Gasteiger partial charge in [-0.15, -0.1) is 0 Å². The Kier molecular flexibility index (Phi) is 7.43. The Balaban J connectivity index is 1.43. The Morgan fingerprint density at radius 2 is 1.68 bits per heavy atom. The van der Waals surface area contributed by atoms with Crippen LogP contribution < -0.4 is 10.6 Å². The SMILES string of the molecule is CC(CCC(=O)O)NC(=O)/C=C/CNC(=O)OCC1c2ccccc2-c2ccccc21. The van der Waals surface area contributed by atoms with Crippen LogP contribution in [0.25, 0.3) is 11.1 Å². The molecule has 3 rings (SSSR count). The van der Waals surface area contributed by atoms with Crippen LogP contribution >= 0.6 is 0 Å². The highest BCUT2D eigenvalue weighted by molar-refractivity contribution is 5.87. The number of amides is 2. The summed E-state index contributed by atoms with van der Waals surface area (Å²) in [6.45, 7) is 2.11. The molecule has 1 aliphatic carbocycles. The van der Waals surface area contributed by atoms with Crippen molar-refractivity contribution in [3.05, 3.63) is 71.8 Å². The van der Waals surface area contributed by atoms with Gasteiger partial charge in [-0.2, -0.15) is 0 Å². The average Bonchev–Trinajstić information content (AvgIpc) is 3.08. The standard InChI is InChI=1S/C24H26N2O5/c1-16(12-13-23(28)29)26-22(27)11-6-14-25-24(30)31-15-21-19-9-4-2-7-17(19)18-8-3-5-10-20(18)21/h2-11,16,21H,12-15H2,1H3,(H,25,30)(H,26,27)(H,28,29)/b11-6+. The first kappa shape index (κ1) is 22.1. The monoisotopic (exact) mass is 422 g/mol. The topological polar surface area (TPSA) is 105 Å². The van der Waals surface area contributed by atoms with E-state index in [-0.39, 0.29) is 37.4 Å². The molecule has 0 bridgehead atoms. The van der Waals surface area contributed by atoms with E-state index in [0.29, 0.717) is 6.42 Å². The number of carboxylic acids is 1. The van der Waals surface area contributed by atoms with E-state index >= 15 is 0 Å². The van der Waals surface area contributed by atoms with Gasteiger partial charge in [0.25, 0.3) is 0 Å². The summed E-state index contributed by atoms with van der Waals surface area (Å²) in [4.78, 5) is 34.4. The van der Waals surface area contributed by atoms with E-state index < -0.39 is 12.1 Å². The van der Waals surface area contributed by atoms with Gasteiger partial charge in [-0.25, -0.2) is 4.79 Å². The van der Waals surface area contributed by atoms with E-state index in [9.17, 15) is 14.4 Å². The summed E-state index contributed by atoms with van der Waals surface area (Å²) >= 11 is 0. The van der Waals surface area contributed by atoms with Crippen LogP contribution in [0.15, 0.2) is 60.7 Å². The molecule has 3 N–H and O–H groups in total. The van der Waals surface area contributed by atoms with Gasteiger partial charge in [0.05, 0.1) is 0 Å². The van der Waals surface area contributed by atoms with Gasteiger partial charge in [-0.05, 0) is 35.6 Å². The maximum absolute atomic E-state index is 12.1. The quantitative estimate of drug-likeness (QED) is 0.537. The van der Waals surface area contributed by atoms with E-state index in [0.717, 1.165) is 11.1 Å². The molecule has 0 aliphatic heterocycles. The Hall–Kier alpha value is -3.61. The molecule has 7 heteroatoms. The van der Waals surface area contributed by atoms with Crippen LogP contribution in [0.3, 0.4) is 0 Å². The first-order valence-electron chi connectivity index (χ1n) is 10.2. The number of benzene rings is 2. The summed E-state index contributed by atoms with van der Waals surface area (Å²) in [6, 6.07) is 16.0. The van der Waals surface area contributed by atoms with Gasteiger partial charge in [-0.3, -0.25) is 9.59 Å². The molecule has 1 aliphatic rings. The number of rotatable bonds is 9. The number of carbonyl (C=O) groups excluding carboxylic acids is 2. The van der Waals surface area contributed by atoms with Crippen LogP contribution in [0.1, 0.15) is 36.8 Å². The lowest BCUT2D eigenvalue weighted by Crippen LogP contribution is -2.32. The van der Waals surface area contributed by atoms with Gasteiger partial charge >= 0.3 is 12.1 Å². The Bertz CT molecular complexity index is 940. The molecular formula is C24H26N2O5. The van der Waals surface area contributed by atoms with E-state index in [1.807, 2.05) is 24.3 Å². The van der Waals surface area contributed by atoms with E-state index in [2.05, 4.69) is 34.9 Å². The van der Waals surface area contributed by atoms with Crippen molar-refractivity contribution in [3.63, 3.8) is 0 Å². The number of hydrogen-bond donors (Lipinski definition) is 3. The Morgan fingerprint density at radius 3 is 2.29 bits per heavy atom. The third-order valence-electron chi connectivity index (χ3n) is 5.16. The molecule has 0 saturated heterocycles. The second kappa shape index (κ2) is 10.4. The summed E-state index contributed by atoms with van der Waals surface area (Å²) in [6.07, 6.45) is 2.62. The van der Waals surface area contributed by atoms with Crippen LogP contribution in [0.2, 0.25) is 0 Å². The number of carboxylic acid groups (broad SMARTS) is 1. The molecule has 0 aromatic heterocycles. The van der Waals surface area contributed by atoms with Crippen molar-refractivity contribution >= 4 is 18.0 Å². The minimum atomic E-state index is -0.899. The molecule has 0 saturated carbocycles. The lowest BCUT2D eigenvalue weighted by atomic mass is 9.98. The van der Waals surface area contributed by atoms with Gasteiger partial charge < -0.3 is 20.5 Å². The highest BCUT2D eigenvalue weighted by Gasteiger charge is 2.28. The molecule has 0 radical (unpaired) electrons. The molecule has 2 aromatic carbocycles. The Morgan fingerprint density at radius 1 is 1.06 bits per heavy atom. The first-order chi connectivity index (χ1) is 15.0. The minimum absolute atomic E-state index is 0.00546. The zero-order valence-corrected chi connectivity index (χ0v) is 17.3. The number of ether oxygens (including phenoxy) is 1. The molecule has 162 valence electrons. The van der Waals surface area contributed by atoms with Gasteiger partial charge in [0, 0.05) is 31.0 Å². The number of alkyl carbamates (subject to hydrolysis) is 1. The molecule has 0 fully saturated rings. The van der Waals surface area contributed by atoms with Crippen LogP contribution in [0.5, 0.6) is 0 Å². The minimum Gasteiger partial charge on any atom is -0.481 e. The smallest absolute Gasteiger partial charge is 0.407 e. The second-order valence-corrected chi connectivity index (χ2v) is 7.45. The van der Waals surface area contributed by atoms with Gasteiger partial charge in [-0.1, -0.05) is 54.6 Å². The zero-order valence-electron chi connectivity index (χ0n) is 17.3. The maximum Gasteiger partial charge on any atom is 0.407 e. The van der Waals surface area contributed by atoms with Crippen molar-refractivity contribution in [1.29, 1.82) is 0 Å². The first-order valence-corrected chi connectivity index (χ1v) is 10.2. The number of carbonyl (C=O) groups is 3. The highest BCUT2D eigenvalue weighted by atomic mass is 16.5. The molecule has 2 aromatic rings. The summed E-state index contributed by atoms with van der Waals surface area (Å²) in [5.41, 5.74) is 4.62. The fourth-order valence-electron chi connectivity index (χ4n) is 3.66. The predicted molar refractivity (Wildman–Crippen MR) is 117 cm³/mol. The van der Waals surface area contributed by atoms with Crippen LogP contribution in [0.4, 0.5) is 4.79 Å². The zero-order chi connectivity index (χ0) is 22.2. The number of fused-ring (bicyclic) bond motifs is 3.